The fraction of sp³-hybridized carbons (Fsp3) is 0.226. The summed E-state index contributed by atoms with van der Waals surface area (Å²) in [7, 11) is 0. The highest BCUT2D eigenvalue weighted by Gasteiger charge is 2.27. The van der Waals surface area contributed by atoms with Crippen molar-refractivity contribution in [1.29, 1.82) is 0 Å². The SMILES string of the molecule is CC(C)NC(=O)c1c(OCc2ccccc2)c(=O)ccn1NC1c2ccccc2CCc2ccccc21. The zero-order valence-corrected chi connectivity index (χ0v) is 21.1. The van der Waals surface area contributed by atoms with Gasteiger partial charge in [0.2, 0.25) is 5.43 Å². The van der Waals surface area contributed by atoms with Crippen molar-refractivity contribution in [2.75, 3.05) is 5.43 Å². The number of carbonyl (C=O) groups is 1. The number of rotatable bonds is 7. The van der Waals surface area contributed by atoms with Crippen molar-refractivity contribution in [3.8, 4) is 5.75 Å². The monoisotopic (exact) mass is 493 g/mol. The van der Waals surface area contributed by atoms with Crippen molar-refractivity contribution in [2.24, 2.45) is 0 Å². The fourth-order valence-corrected chi connectivity index (χ4v) is 4.84. The number of nitrogens with one attached hydrogen (secondary N) is 2. The number of carbonyl (C=O) groups excluding carboxylic acids is 1. The molecule has 1 aliphatic carbocycles. The second-order valence-corrected chi connectivity index (χ2v) is 9.59. The first-order valence-electron chi connectivity index (χ1n) is 12.7. The molecular formula is C31H31N3O3. The van der Waals surface area contributed by atoms with E-state index in [1.165, 1.54) is 17.2 Å². The molecule has 0 aliphatic heterocycles. The largest absolute Gasteiger partial charge is 0.482 e. The molecule has 6 heteroatoms. The number of nitrogens with zero attached hydrogens (tertiary/aromatic N) is 1. The van der Waals surface area contributed by atoms with Crippen LogP contribution in [0, 0.1) is 0 Å². The van der Waals surface area contributed by atoms with Crippen LogP contribution in [0.4, 0.5) is 0 Å². The van der Waals surface area contributed by atoms with E-state index in [2.05, 4.69) is 47.1 Å². The smallest absolute Gasteiger partial charge is 0.274 e. The topological polar surface area (TPSA) is 72.4 Å². The molecule has 0 unspecified atom stereocenters. The molecule has 0 fully saturated rings. The number of ether oxygens (including phenoxy) is 1. The van der Waals surface area contributed by atoms with Gasteiger partial charge in [0.1, 0.15) is 6.61 Å². The predicted octanol–water partition coefficient (Wildman–Crippen LogP) is 5.00. The maximum absolute atomic E-state index is 13.5. The molecule has 2 N–H and O–H groups in total. The normalized spacial score (nSPS) is 12.8. The van der Waals surface area contributed by atoms with Gasteiger partial charge < -0.3 is 15.5 Å². The van der Waals surface area contributed by atoms with Gasteiger partial charge in [-0.2, -0.15) is 0 Å². The average Bonchev–Trinajstić information content (AvgIpc) is 3.06. The average molecular weight is 494 g/mol. The zero-order chi connectivity index (χ0) is 25.8. The lowest BCUT2D eigenvalue weighted by atomic mass is 9.95. The molecule has 0 atom stereocenters. The molecule has 0 spiro atoms. The Morgan fingerprint density at radius 1 is 0.892 bits per heavy atom. The standard InChI is InChI=1S/C31H31N3O3/c1-21(2)32-31(36)29-30(37-20-22-10-4-3-5-11-22)27(35)18-19-34(29)33-28-25-14-8-6-12-23(25)16-17-24-13-7-9-15-26(24)28/h3-15,18-19,21,28,33H,16-17,20H2,1-2H3,(H,32,36). The number of hydrogen-bond acceptors (Lipinski definition) is 4. The Morgan fingerprint density at radius 3 is 2.11 bits per heavy atom. The van der Waals surface area contributed by atoms with E-state index >= 15 is 0 Å². The molecule has 0 saturated heterocycles. The van der Waals surface area contributed by atoms with Crippen molar-refractivity contribution in [1.82, 2.24) is 9.99 Å². The first-order valence-corrected chi connectivity index (χ1v) is 12.7. The summed E-state index contributed by atoms with van der Waals surface area (Å²) >= 11 is 0. The highest BCUT2D eigenvalue weighted by atomic mass is 16.5. The van der Waals surface area contributed by atoms with E-state index in [1.54, 1.807) is 10.9 Å². The van der Waals surface area contributed by atoms with E-state index in [1.807, 2.05) is 56.3 Å². The third kappa shape index (κ3) is 5.28. The quantitative estimate of drug-likeness (QED) is 0.380. The lowest BCUT2D eigenvalue weighted by molar-refractivity contribution is 0.0928. The van der Waals surface area contributed by atoms with Gasteiger partial charge in [-0.05, 0) is 54.5 Å². The van der Waals surface area contributed by atoms with Gasteiger partial charge >= 0.3 is 0 Å². The van der Waals surface area contributed by atoms with Crippen molar-refractivity contribution >= 4 is 5.91 Å². The maximum Gasteiger partial charge on any atom is 0.274 e. The molecule has 37 heavy (non-hydrogen) atoms. The number of benzene rings is 3. The van der Waals surface area contributed by atoms with Crippen LogP contribution in [0.3, 0.4) is 0 Å². The van der Waals surface area contributed by atoms with Gasteiger partial charge in [-0.3, -0.25) is 14.3 Å². The molecule has 0 saturated carbocycles. The van der Waals surface area contributed by atoms with E-state index in [9.17, 15) is 9.59 Å². The Bertz CT molecular complexity index is 1410. The van der Waals surface area contributed by atoms with Crippen LogP contribution >= 0.6 is 0 Å². The van der Waals surface area contributed by atoms with Crippen LogP contribution in [-0.2, 0) is 19.4 Å². The second kappa shape index (κ2) is 10.7. The van der Waals surface area contributed by atoms with E-state index < -0.39 is 0 Å². The lowest BCUT2D eigenvalue weighted by Crippen LogP contribution is -2.37. The van der Waals surface area contributed by atoms with Crippen LogP contribution in [0.25, 0.3) is 0 Å². The number of aromatic nitrogens is 1. The van der Waals surface area contributed by atoms with Gasteiger partial charge in [-0.15, -0.1) is 0 Å². The minimum Gasteiger partial charge on any atom is -0.482 e. The Morgan fingerprint density at radius 2 is 1.49 bits per heavy atom. The van der Waals surface area contributed by atoms with Crippen LogP contribution in [0.15, 0.2) is 95.9 Å². The Kier molecular flexibility index (Phi) is 7.08. The van der Waals surface area contributed by atoms with Gasteiger partial charge in [0.15, 0.2) is 11.4 Å². The summed E-state index contributed by atoms with van der Waals surface area (Å²) in [6, 6.07) is 27.4. The zero-order valence-electron chi connectivity index (χ0n) is 21.1. The van der Waals surface area contributed by atoms with Gasteiger partial charge in [0.25, 0.3) is 5.91 Å². The number of aryl methyl sites for hydroxylation is 2. The summed E-state index contributed by atoms with van der Waals surface area (Å²) in [4.78, 5) is 26.5. The molecule has 1 amide bonds. The summed E-state index contributed by atoms with van der Waals surface area (Å²) in [5.41, 5.74) is 9.08. The third-order valence-corrected chi connectivity index (χ3v) is 6.58. The second-order valence-electron chi connectivity index (χ2n) is 9.59. The molecule has 0 bridgehead atoms. The van der Waals surface area contributed by atoms with Crippen molar-refractivity contribution in [3.05, 3.63) is 135 Å². The number of amides is 1. The molecule has 188 valence electrons. The molecule has 1 heterocycles. The van der Waals surface area contributed by atoms with Crippen LogP contribution in [0.1, 0.15) is 58.2 Å². The Balaban J connectivity index is 1.60. The molecule has 3 aromatic carbocycles. The highest BCUT2D eigenvalue weighted by Crippen LogP contribution is 2.33. The molecule has 1 aliphatic rings. The summed E-state index contributed by atoms with van der Waals surface area (Å²) in [5, 5.41) is 2.93. The number of pyridine rings is 1. The molecule has 0 radical (unpaired) electrons. The highest BCUT2D eigenvalue weighted by molar-refractivity contribution is 5.95. The van der Waals surface area contributed by atoms with E-state index in [0.29, 0.717) is 0 Å². The van der Waals surface area contributed by atoms with Crippen LogP contribution in [0.2, 0.25) is 0 Å². The summed E-state index contributed by atoms with van der Waals surface area (Å²) in [6.45, 7) is 3.95. The van der Waals surface area contributed by atoms with Crippen LogP contribution in [-0.4, -0.2) is 16.6 Å². The van der Waals surface area contributed by atoms with E-state index in [0.717, 1.165) is 29.5 Å². The first kappa shape index (κ1) is 24.4. The summed E-state index contributed by atoms with van der Waals surface area (Å²) in [5.74, 6) is -0.356. The Labute approximate surface area is 216 Å². The van der Waals surface area contributed by atoms with Crippen LogP contribution < -0.4 is 20.9 Å². The minimum atomic E-state index is -0.376. The fourth-order valence-electron chi connectivity index (χ4n) is 4.84. The van der Waals surface area contributed by atoms with Crippen LogP contribution in [0.5, 0.6) is 5.75 Å². The Hall–Kier alpha value is -4.32. The third-order valence-electron chi connectivity index (χ3n) is 6.58. The van der Waals surface area contributed by atoms with Gasteiger partial charge in [-0.1, -0.05) is 78.9 Å². The van der Waals surface area contributed by atoms with Crippen molar-refractivity contribution in [2.45, 2.75) is 45.4 Å². The van der Waals surface area contributed by atoms with E-state index in [-0.39, 0.29) is 41.5 Å². The van der Waals surface area contributed by atoms with Crippen molar-refractivity contribution in [3.63, 3.8) is 0 Å². The van der Waals surface area contributed by atoms with E-state index in [4.69, 9.17) is 4.74 Å². The molecule has 1 aromatic heterocycles. The molecular weight excluding hydrogens is 462 g/mol. The number of fused-ring (bicyclic) bond motifs is 2. The van der Waals surface area contributed by atoms with Gasteiger partial charge in [-0.25, -0.2) is 0 Å². The van der Waals surface area contributed by atoms with Gasteiger partial charge in [0.05, 0.1) is 6.04 Å². The summed E-state index contributed by atoms with van der Waals surface area (Å²) in [6.07, 6.45) is 3.48. The number of hydrogen-bond donors (Lipinski definition) is 2. The van der Waals surface area contributed by atoms with Crippen molar-refractivity contribution < 1.29 is 9.53 Å². The maximum atomic E-state index is 13.5. The molecule has 5 rings (SSSR count). The minimum absolute atomic E-state index is 0.0206. The lowest BCUT2D eigenvalue weighted by Gasteiger charge is -2.27. The summed E-state index contributed by atoms with van der Waals surface area (Å²) < 4.78 is 7.66. The van der Waals surface area contributed by atoms with Gasteiger partial charge in [0, 0.05) is 18.3 Å². The molecule has 4 aromatic rings. The predicted molar refractivity (Wildman–Crippen MR) is 146 cm³/mol. The molecule has 6 nitrogen and oxygen atoms in total. The first-order chi connectivity index (χ1) is 18.0.